The van der Waals surface area contributed by atoms with Gasteiger partial charge in [-0.2, -0.15) is 0 Å². The summed E-state index contributed by atoms with van der Waals surface area (Å²) < 4.78 is 0. The number of hydrogen-bond acceptors (Lipinski definition) is 2. The number of nitrogens with one attached hydrogen (secondary N) is 1. The second-order valence-corrected chi connectivity index (χ2v) is 4.20. The number of rotatable bonds is 2. The highest BCUT2D eigenvalue weighted by molar-refractivity contribution is 6.06. The molecule has 0 aliphatic rings. The standard InChI is InChI=1S/C14H16N2O/c1-4-15-14(17)12-8-9(2)7-11-10(3)5-6-16-13(11)12/h5-8H,4H2,1-3H3,(H,15,17). The summed E-state index contributed by atoms with van der Waals surface area (Å²) in [6, 6.07) is 5.92. The molecule has 1 heterocycles. The fourth-order valence-electron chi connectivity index (χ4n) is 1.96. The number of carbonyl (C=O) groups excluding carboxylic acids is 1. The summed E-state index contributed by atoms with van der Waals surface area (Å²) in [6.07, 6.45) is 1.75. The highest BCUT2D eigenvalue weighted by Gasteiger charge is 2.12. The van der Waals surface area contributed by atoms with Crippen LogP contribution in [0.2, 0.25) is 0 Å². The number of amides is 1. The number of aromatic nitrogens is 1. The predicted octanol–water partition coefficient (Wildman–Crippen LogP) is 2.60. The van der Waals surface area contributed by atoms with E-state index in [1.807, 2.05) is 32.9 Å². The van der Waals surface area contributed by atoms with Crippen molar-refractivity contribution in [2.24, 2.45) is 0 Å². The average Bonchev–Trinajstić information content (AvgIpc) is 2.30. The summed E-state index contributed by atoms with van der Waals surface area (Å²) in [5, 5.41) is 3.87. The minimum Gasteiger partial charge on any atom is -0.352 e. The molecular formula is C14H16N2O. The van der Waals surface area contributed by atoms with Gasteiger partial charge in [0.15, 0.2) is 0 Å². The van der Waals surface area contributed by atoms with Crippen molar-refractivity contribution in [1.82, 2.24) is 10.3 Å². The van der Waals surface area contributed by atoms with E-state index in [1.165, 1.54) is 0 Å². The molecule has 1 aromatic carbocycles. The third-order valence-electron chi connectivity index (χ3n) is 2.79. The lowest BCUT2D eigenvalue weighted by molar-refractivity contribution is 0.0957. The molecule has 0 bridgehead atoms. The van der Waals surface area contributed by atoms with E-state index >= 15 is 0 Å². The van der Waals surface area contributed by atoms with Crippen LogP contribution in [0.25, 0.3) is 10.9 Å². The van der Waals surface area contributed by atoms with Crippen LogP contribution in [0.1, 0.15) is 28.4 Å². The first kappa shape index (κ1) is 11.6. The van der Waals surface area contributed by atoms with E-state index in [-0.39, 0.29) is 5.91 Å². The number of pyridine rings is 1. The molecule has 0 atom stereocenters. The van der Waals surface area contributed by atoms with Gasteiger partial charge >= 0.3 is 0 Å². The predicted molar refractivity (Wildman–Crippen MR) is 69.2 cm³/mol. The van der Waals surface area contributed by atoms with Crippen LogP contribution in [-0.4, -0.2) is 17.4 Å². The molecule has 0 saturated heterocycles. The second-order valence-electron chi connectivity index (χ2n) is 4.20. The van der Waals surface area contributed by atoms with Crippen LogP contribution in [-0.2, 0) is 0 Å². The van der Waals surface area contributed by atoms with Crippen molar-refractivity contribution in [3.8, 4) is 0 Å². The molecule has 1 aromatic heterocycles. The molecule has 2 rings (SSSR count). The van der Waals surface area contributed by atoms with Gasteiger partial charge in [-0.05, 0) is 50.1 Å². The molecule has 1 amide bonds. The van der Waals surface area contributed by atoms with E-state index in [0.717, 1.165) is 22.0 Å². The van der Waals surface area contributed by atoms with Gasteiger partial charge in [-0.15, -0.1) is 0 Å². The molecule has 0 unspecified atom stereocenters. The fraction of sp³-hybridized carbons (Fsp3) is 0.286. The molecule has 0 saturated carbocycles. The van der Waals surface area contributed by atoms with Crippen LogP contribution in [0.15, 0.2) is 24.4 Å². The van der Waals surface area contributed by atoms with Gasteiger partial charge in [-0.1, -0.05) is 0 Å². The zero-order valence-electron chi connectivity index (χ0n) is 10.4. The van der Waals surface area contributed by atoms with Crippen LogP contribution in [0.5, 0.6) is 0 Å². The van der Waals surface area contributed by atoms with E-state index in [2.05, 4.69) is 16.4 Å². The van der Waals surface area contributed by atoms with Crippen molar-refractivity contribution in [3.63, 3.8) is 0 Å². The smallest absolute Gasteiger partial charge is 0.253 e. The Labute approximate surface area is 101 Å². The third kappa shape index (κ3) is 2.13. The number of hydrogen-bond donors (Lipinski definition) is 1. The average molecular weight is 228 g/mol. The van der Waals surface area contributed by atoms with E-state index < -0.39 is 0 Å². The summed E-state index contributed by atoms with van der Waals surface area (Å²) in [5.74, 6) is -0.0562. The van der Waals surface area contributed by atoms with Gasteiger partial charge in [0, 0.05) is 18.1 Å². The van der Waals surface area contributed by atoms with Crippen molar-refractivity contribution in [2.75, 3.05) is 6.54 Å². The first-order valence-electron chi connectivity index (χ1n) is 5.77. The van der Waals surface area contributed by atoms with Crippen LogP contribution < -0.4 is 5.32 Å². The summed E-state index contributed by atoms with van der Waals surface area (Å²) in [6.45, 7) is 6.56. The Morgan fingerprint density at radius 1 is 1.35 bits per heavy atom. The number of benzene rings is 1. The van der Waals surface area contributed by atoms with Crippen molar-refractivity contribution in [2.45, 2.75) is 20.8 Å². The molecule has 3 heteroatoms. The van der Waals surface area contributed by atoms with Crippen LogP contribution >= 0.6 is 0 Å². The van der Waals surface area contributed by atoms with Crippen molar-refractivity contribution >= 4 is 16.8 Å². The summed E-state index contributed by atoms with van der Waals surface area (Å²) in [7, 11) is 0. The molecule has 0 aliphatic carbocycles. The summed E-state index contributed by atoms with van der Waals surface area (Å²) in [4.78, 5) is 16.3. The molecule has 0 aliphatic heterocycles. The summed E-state index contributed by atoms with van der Waals surface area (Å²) in [5.41, 5.74) is 3.66. The lowest BCUT2D eigenvalue weighted by atomic mass is 10.0. The lowest BCUT2D eigenvalue weighted by Gasteiger charge is -2.09. The normalized spacial score (nSPS) is 10.5. The highest BCUT2D eigenvalue weighted by atomic mass is 16.1. The maximum Gasteiger partial charge on any atom is 0.253 e. The number of aryl methyl sites for hydroxylation is 2. The van der Waals surface area contributed by atoms with Gasteiger partial charge in [-0.3, -0.25) is 9.78 Å². The van der Waals surface area contributed by atoms with Gasteiger partial charge < -0.3 is 5.32 Å². The second kappa shape index (κ2) is 4.53. The van der Waals surface area contributed by atoms with E-state index in [9.17, 15) is 4.79 Å². The molecule has 0 fully saturated rings. The third-order valence-corrected chi connectivity index (χ3v) is 2.79. The van der Waals surface area contributed by atoms with Crippen LogP contribution in [0.3, 0.4) is 0 Å². The van der Waals surface area contributed by atoms with Crippen molar-refractivity contribution in [1.29, 1.82) is 0 Å². The molecular weight excluding hydrogens is 212 g/mol. The zero-order valence-corrected chi connectivity index (χ0v) is 10.4. The molecule has 0 spiro atoms. The van der Waals surface area contributed by atoms with E-state index in [1.54, 1.807) is 6.20 Å². The Morgan fingerprint density at radius 3 is 2.82 bits per heavy atom. The molecule has 17 heavy (non-hydrogen) atoms. The molecule has 3 nitrogen and oxygen atoms in total. The largest absolute Gasteiger partial charge is 0.352 e. The van der Waals surface area contributed by atoms with Gasteiger partial charge in [0.25, 0.3) is 5.91 Å². The van der Waals surface area contributed by atoms with Crippen LogP contribution in [0.4, 0.5) is 0 Å². The Bertz CT molecular complexity index is 576. The fourth-order valence-corrected chi connectivity index (χ4v) is 1.96. The zero-order chi connectivity index (χ0) is 12.4. The minimum absolute atomic E-state index is 0.0562. The number of carbonyl (C=O) groups is 1. The maximum absolute atomic E-state index is 12.0. The Balaban J connectivity index is 2.70. The quantitative estimate of drug-likeness (QED) is 0.858. The maximum atomic E-state index is 12.0. The molecule has 88 valence electrons. The minimum atomic E-state index is -0.0562. The SMILES string of the molecule is CCNC(=O)c1cc(C)cc2c(C)ccnc12. The van der Waals surface area contributed by atoms with Crippen molar-refractivity contribution in [3.05, 3.63) is 41.1 Å². The highest BCUT2D eigenvalue weighted by Crippen LogP contribution is 2.21. The van der Waals surface area contributed by atoms with Crippen molar-refractivity contribution < 1.29 is 4.79 Å². The van der Waals surface area contributed by atoms with Crippen LogP contribution in [0, 0.1) is 13.8 Å². The van der Waals surface area contributed by atoms with Gasteiger partial charge in [0.05, 0.1) is 11.1 Å². The first-order chi connectivity index (χ1) is 8.13. The van der Waals surface area contributed by atoms with Gasteiger partial charge in [0.1, 0.15) is 0 Å². The summed E-state index contributed by atoms with van der Waals surface area (Å²) >= 11 is 0. The van der Waals surface area contributed by atoms with Gasteiger partial charge in [0.2, 0.25) is 0 Å². The Morgan fingerprint density at radius 2 is 2.12 bits per heavy atom. The van der Waals surface area contributed by atoms with Gasteiger partial charge in [-0.25, -0.2) is 0 Å². The monoisotopic (exact) mass is 228 g/mol. The Hall–Kier alpha value is -1.90. The number of nitrogens with zero attached hydrogens (tertiary/aromatic N) is 1. The molecule has 2 aromatic rings. The van der Waals surface area contributed by atoms with E-state index in [4.69, 9.17) is 0 Å². The lowest BCUT2D eigenvalue weighted by Crippen LogP contribution is -2.23. The molecule has 0 radical (unpaired) electrons. The molecule has 1 N–H and O–H groups in total. The first-order valence-corrected chi connectivity index (χ1v) is 5.77. The number of fused-ring (bicyclic) bond motifs is 1. The Kier molecular flexibility index (Phi) is 3.09. The van der Waals surface area contributed by atoms with E-state index in [0.29, 0.717) is 12.1 Å². The topological polar surface area (TPSA) is 42.0 Å².